The molecule has 0 radical (unpaired) electrons. The summed E-state index contributed by atoms with van der Waals surface area (Å²) in [5.74, 6) is 2.00. The van der Waals surface area contributed by atoms with Crippen molar-refractivity contribution in [2.75, 3.05) is 23.8 Å². The van der Waals surface area contributed by atoms with E-state index in [1.54, 1.807) is 0 Å². The highest BCUT2D eigenvalue weighted by molar-refractivity contribution is 5.91. The van der Waals surface area contributed by atoms with Gasteiger partial charge in [-0.05, 0) is 18.6 Å². The Hall–Kier alpha value is -5.80. The van der Waals surface area contributed by atoms with Crippen molar-refractivity contribution in [1.29, 1.82) is 0 Å². The van der Waals surface area contributed by atoms with Gasteiger partial charge in [-0.3, -0.25) is 29.8 Å². The summed E-state index contributed by atoms with van der Waals surface area (Å²) >= 11 is 0. The SMILES string of the molecule is CC(=O)Nc1ccc([N+](=O)[O-])cc1OCCC[n+]1cc[nH]c1CCCc1[nH]cc[n+]1CCCOc1cc([N+](=O)[O-])ccc1NC(C)=O. The molecule has 16 heteroatoms. The first-order chi connectivity index (χ1) is 22.6. The second-order valence-electron chi connectivity index (χ2n) is 10.7. The molecule has 0 spiro atoms. The van der Waals surface area contributed by atoms with E-state index < -0.39 is 9.85 Å². The number of nitrogens with one attached hydrogen (secondary N) is 4. The number of anilines is 2. The number of non-ortho nitro benzene ring substituents is 2. The summed E-state index contributed by atoms with van der Waals surface area (Å²) in [5, 5.41) is 27.6. The first-order valence-electron chi connectivity index (χ1n) is 15.1. The highest BCUT2D eigenvalue weighted by atomic mass is 16.6. The number of rotatable bonds is 18. The minimum absolute atomic E-state index is 0.120. The van der Waals surface area contributed by atoms with Gasteiger partial charge in [-0.1, -0.05) is 0 Å². The number of hydrogen-bond acceptors (Lipinski definition) is 8. The van der Waals surface area contributed by atoms with Crippen molar-refractivity contribution in [2.45, 2.75) is 59.0 Å². The summed E-state index contributed by atoms with van der Waals surface area (Å²) in [4.78, 5) is 51.0. The minimum atomic E-state index is -0.510. The third-order valence-corrected chi connectivity index (χ3v) is 7.10. The van der Waals surface area contributed by atoms with Crippen molar-refractivity contribution >= 4 is 34.6 Å². The molecule has 0 aliphatic carbocycles. The lowest BCUT2D eigenvalue weighted by molar-refractivity contribution is -0.704. The zero-order valence-electron chi connectivity index (χ0n) is 26.2. The predicted molar refractivity (Wildman–Crippen MR) is 169 cm³/mol. The van der Waals surface area contributed by atoms with Gasteiger partial charge in [-0.15, -0.1) is 0 Å². The Morgan fingerprint density at radius 3 is 1.53 bits per heavy atom. The van der Waals surface area contributed by atoms with Gasteiger partial charge in [0.2, 0.25) is 11.8 Å². The number of ether oxygens (including phenoxy) is 2. The van der Waals surface area contributed by atoms with Crippen LogP contribution in [0.15, 0.2) is 61.2 Å². The molecule has 2 amide bonds. The number of benzene rings is 2. The lowest BCUT2D eigenvalue weighted by Gasteiger charge is -2.11. The summed E-state index contributed by atoms with van der Waals surface area (Å²) in [6.07, 6.45) is 11.4. The normalized spacial score (nSPS) is 10.8. The summed E-state index contributed by atoms with van der Waals surface area (Å²) in [7, 11) is 0. The molecule has 47 heavy (non-hydrogen) atoms. The lowest BCUT2D eigenvalue weighted by Crippen LogP contribution is -2.38. The Bertz CT molecular complexity index is 1590. The van der Waals surface area contributed by atoms with E-state index in [0.29, 0.717) is 50.5 Å². The Kier molecular flexibility index (Phi) is 12.0. The second kappa shape index (κ2) is 16.5. The van der Waals surface area contributed by atoms with Crippen LogP contribution in [0, 0.1) is 20.2 Å². The standard InChI is InChI=1S/C31H36N8O8/c1-22(40)34-26-10-8-24(38(42)43)20-28(26)46-18-4-14-36-16-12-32-30(36)6-3-7-31-33-13-17-37(31)15-5-19-47-29-21-25(39(44)45)9-11-27(29)35-23(2)41/h8-13,16-17,20-21H,3-7,14-15,18-19H2,1-2H3,(H2,34,35,40,41)/p+2. The predicted octanol–water partition coefficient (Wildman–Crippen LogP) is 3.76. The molecule has 0 aliphatic rings. The maximum absolute atomic E-state index is 11.5. The molecule has 4 N–H and O–H groups in total. The summed E-state index contributed by atoms with van der Waals surface area (Å²) < 4.78 is 15.8. The third kappa shape index (κ3) is 10.1. The first kappa shape index (κ1) is 34.1. The van der Waals surface area contributed by atoms with Crippen LogP contribution in [-0.4, -0.2) is 44.8 Å². The molecule has 0 saturated carbocycles. The van der Waals surface area contributed by atoms with Gasteiger partial charge in [0, 0.05) is 51.7 Å². The number of amides is 2. The largest absolute Gasteiger partial charge is 0.491 e. The van der Waals surface area contributed by atoms with E-state index >= 15 is 0 Å². The number of H-pyrrole nitrogens is 2. The van der Waals surface area contributed by atoms with Crippen LogP contribution in [0.2, 0.25) is 0 Å². The van der Waals surface area contributed by atoms with E-state index in [4.69, 9.17) is 9.47 Å². The van der Waals surface area contributed by atoms with Gasteiger partial charge in [0.25, 0.3) is 23.0 Å². The molecule has 0 unspecified atom stereocenters. The number of nitrogens with zero attached hydrogens (tertiary/aromatic N) is 4. The van der Waals surface area contributed by atoms with Gasteiger partial charge in [0.15, 0.2) is 0 Å². The van der Waals surface area contributed by atoms with Crippen LogP contribution in [0.1, 0.15) is 44.8 Å². The van der Waals surface area contributed by atoms with Crippen LogP contribution in [0.25, 0.3) is 0 Å². The van der Waals surface area contributed by atoms with Crippen LogP contribution < -0.4 is 29.2 Å². The van der Waals surface area contributed by atoms with E-state index in [1.165, 1.54) is 50.2 Å². The van der Waals surface area contributed by atoms with Gasteiger partial charge in [-0.25, -0.2) is 19.1 Å². The third-order valence-electron chi connectivity index (χ3n) is 7.10. The van der Waals surface area contributed by atoms with Crippen LogP contribution >= 0.6 is 0 Å². The fraction of sp³-hybridized carbons (Fsp3) is 0.355. The molecule has 0 saturated heterocycles. The maximum Gasteiger partial charge on any atom is 0.273 e. The van der Waals surface area contributed by atoms with Crippen LogP contribution in [-0.2, 0) is 35.5 Å². The van der Waals surface area contributed by atoms with Crippen LogP contribution in [0.3, 0.4) is 0 Å². The Morgan fingerprint density at radius 2 is 1.15 bits per heavy atom. The topological polar surface area (TPSA) is 202 Å². The number of hydrogen-bond donors (Lipinski definition) is 4. The molecule has 0 atom stereocenters. The fourth-order valence-electron chi connectivity index (χ4n) is 4.97. The summed E-state index contributed by atoms with van der Waals surface area (Å²) in [6, 6.07) is 8.17. The van der Waals surface area contributed by atoms with Crippen molar-refractivity contribution < 1.29 is 38.0 Å². The molecule has 4 aromatic rings. The van der Waals surface area contributed by atoms with Crippen LogP contribution in [0.4, 0.5) is 22.7 Å². The van der Waals surface area contributed by atoms with Gasteiger partial charge >= 0.3 is 0 Å². The maximum atomic E-state index is 11.5. The molecule has 0 bridgehead atoms. The van der Waals surface area contributed by atoms with Crippen LogP contribution in [0.5, 0.6) is 11.5 Å². The summed E-state index contributed by atoms with van der Waals surface area (Å²) in [5.41, 5.74) is 0.522. The quantitative estimate of drug-likeness (QED) is 0.0539. The van der Waals surface area contributed by atoms with Crippen molar-refractivity contribution in [2.24, 2.45) is 0 Å². The number of aryl methyl sites for hydroxylation is 4. The van der Waals surface area contributed by atoms with Gasteiger partial charge in [0.1, 0.15) is 36.3 Å². The Labute approximate surface area is 270 Å². The Morgan fingerprint density at radius 1 is 0.723 bits per heavy atom. The van der Waals surface area contributed by atoms with Gasteiger partial charge in [0.05, 0.1) is 59.7 Å². The molecular formula is C31H38N8O8+2. The monoisotopic (exact) mass is 650 g/mol. The fourth-order valence-corrected chi connectivity index (χ4v) is 4.97. The molecular weight excluding hydrogens is 612 g/mol. The number of nitro benzene ring substituents is 2. The van der Waals surface area contributed by atoms with Gasteiger partial charge in [-0.2, -0.15) is 0 Å². The van der Waals surface area contributed by atoms with Crippen molar-refractivity contribution in [3.63, 3.8) is 0 Å². The molecule has 248 valence electrons. The molecule has 0 aliphatic heterocycles. The number of imidazole rings is 2. The highest BCUT2D eigenvalue weighted by Crippen LogP contribution is 2.30. The number of carbonyl (C=O) groups is 2. The van der Waals surface area contributed by atoms with Crippen molar-refractivity contribution in [3.05, 3.63) is 93.1 Å². The number of nitro groups is 2. The highest BCUT2D eigenvalue weighted by Gasteiger charge is 2.17. The van der Waals surface area contributed by atoms with E-state index in [1.807, 2.05) is 24.8 Å². The van der Waals surface area contributed by atoms with Gasteiger partial charge < -0.3 is 20.1 Å². The Balaban J connectivity index is 1.23. The number of aromatic nitrogens is 4. The average Bonchev–Trinajstić information content (AvgIpc) is 3.67. The average molecular weight is 651 g/mol. The lowest BCUT2D eigenvalue weighted by atomic mass is 10.2. The van der Waals surface area contributed by atoms with Crippen molar-refractivity contribution in [1.82, 2.24) is 9.97 Å². The van der Waals surface area contributed by atoms with E-state index in [9.17, 15) is 29.8 Å². The molecule has 16 nitrogen and oxygen atoms in total. The molecule has 0 fully saturated rings. The van der Waals surface area contributed by atoms with Crippen molar-refractivity contribution in [3.8, 4) is 11.5 Å². The van der Waals surface area contributed by atoms with E-state index in [2.05, 4.69) is 29.7 Å². The number of carbonyl (C=O) groups excluding carboxylic acids is 2. The molecule has 2 heterocycles. The molecule has 2 aromatic carbocycles. The van der Waals surface area contributed by atoms with E-state index in [0.717, 1.165) is 30.9 Å². The van der Waals surface area contributed by atoms with E-state index in [-0.39, 0.29) is 34.7 Å². The zero-order valence-corrected chi connectivity index (χ0v) is 26.2. The zero-order chi connectivity index (χ0) is 33.8. The first-order valence-corrected chi connectivity index (χ1v) is 15.1. The second-order valence-corrected chi connectivity index (χ2v) is 10.7. The molecule has 4 rings (SSSR count). The summed E-state index contributed by atoms with van der Waals surface area (Å²) in [6.45, 7) is 4.65. The molecule has 2 aromatic heterocycles. The minimum Gasteiger partial charge on any atom is -0.491 e. The number of aromatic amines is 2. The smallest absolute Gasteiger partial charge is 0.273 e.